The molecule has 0 fully saturated rings. The van der Waals surface area contributed by atoms with Crippen LogP contribution in [0.3, 0.4) is 0 Å². The molecule has 57 heavy (non-hydrogen) atoms. The molecule has 3 aromatic rings. The second kappa shape index (κ2) is 21.6. The van der Waals surface area contributed by atoms with Crippen LogP contribution in [0.25, 0.3) is 0 Å². The van der Waals surface area contributed by atoms with Gasteiger partial charge in [-0.2, -0.15) is 26.3 Å². The Morgan fingerprint density at radius 1 is 0.842 bits per heavy atom. The number of halogens is 6. The van der Waals surface area contributed by atoms with Crippen molar-refractivity contribution < 1.29 is 65.6 Å². The van der Waals surface area contributed by atoms with E-state index >= 15 is 0 Å². The molecule has 4 rings (SSSR count). The normalized spacial score (nSPS) is 14.6. The summed E-state index contributed by atoms with van der Waals surface area (Å²) in [6, 6.07) is 18.1. The van der Waals surface area contributed by atoms with E-state index in [0.29, 0.717) is 32.4 Å². The second-order valence-corrected chi connectivity index (χ2v) is 13.0. The predicted molar refractivity (Wildman–Crippen MR) is 194 cm³/mol. The summed E-state index contributed by atoms with van der Waals surface area (Å²) in [5, 5.41) is 30.1. The Hall–Kier alpha value is -5.69. The van der Waals surface area contributed by atoms with Crippen molar-refractivity contribution in [1.29, 1.82) is 0 Å². The van der Waals surface area contributed by atoms with E-state index in [2.05, 4.69) is 10.6 Å². The molecule has 1 aliphatic rings. The topological polar surface area (TPSA) is 225 Å². The monoisotopic (exact) mass is 813 g/mol. The second-order valence-electron chi connectivity index (χ2n) is 13.0. The van der Waals surface area contributed by atoms with Crippen LogP contribution in [0.15, 0.2) is 66.7 Å². The number of benzene rings is 3. The molecule has 0 spiro atoms. The van der Waals surface area contributed by atoms with Gasteiger partial charge in [-0.15, -0.1) is 0 Å². The number of carbonyl (C=O) groups excluding carboxylic acids is 3. The molecule has 0 saturated carbocycles. The summed E-state index contributed by atoms with van der Waals surface area (Å²) < 4.78 is 63.5. The van der Waals surface area contributed by atoms with E-state index < -0.39 is 42.4 Å². The van der Waals surface area contributed by atoms with Gasteiger partial charge in [0.05, 0.1) is 6.04 Å². The molecule has 0 saturated heterocycles. The van der Waals surface area contributed by atoms with E-state index in [4.69, 9.17) is 31.3 Å². The van der Waals surface area contributed by atoms with Crippen molar-refractivity contribution in [2.45, 2.75) is 89.5 Å². The molecule has 3 aromatic carbocycles. The zero-order chi connectivity index (χ0) is 43.1. The molecule has 0 bridgehead atoms. The Balaban J connectivity index is 0.000000682. The van der Waals surface area contributed by atoms with Crippen LogP contribution in [-0.4, -0.2) is 86.9 Å². The van der Waals surface area contributed by atoms with Gasteiger partial charge in [-0.1, -0.05) is 54.6 Å². The van der Waals surface area contributed by atoms with Gasteiger partial charge in [-0.05, 0) is 91.6 Å². The van der Waals surface area contributed by atoms with Gasteiger partial charge in [0.15, 0.2) is 0 Å². The zero-order valence-electron chi connectivity index (χ0n) is 31.0. The summed E-state index contributed by atoms with van der Waals surface area (Å²) in [6.45, 7) is 4.83. The number of nitrogens with two attached hydrogens (primary N) is 2. The number of rotatable bonds is 12. The maximum Gasteiger partial charge on any atom is 0.490 e. The number of aryl methyl sites for hydroxylation is 2. The lowest BCUT2D eigenvalue weighted by Gasteiger charge is -2.38. The molecular weight excluding hydrogens is 768 g/mol. The molecule has 2 unspecified atom stereocenters. The number of nitrogens with one attached hydrogen (secondary N) is 2. The number of unbranched alkanes of at least 4 members (excludes halogenated alkanes) is 1. The highest BCUT2D eigenvalue weighted by Crippen LogP contribution is 2.27. The molecule has 3 atom stereocenters. The van der Waals surface area contributed by atoms with Crippen LogP contribution < -0.4 is 22.1 Å². The zero-order valence-corrected chi connectivity index (χ0v) is 31.0. The number of carbonyl (C=O) groups is 5. The first-order chi connectivity index (χ1) is 26.6. The smallest absolute Gasteiger partial charge is 0.490 e. The Kier molecular flexibility index (Phi) is 18.0. The third-order valence-electron chi connectivity index (χ3n) is 8.63. The summed E-state index contributed by atoms with van der Waals surface area (Å²) in [6.07, 6.45) is -7.75. The fraction of sp³-hybridized carbons (Fsp3) is 0.395. The standard InChI is InChI=1S/C34H43N5O4.2C2HF3O2/c1-22-16-27(40)17-23(2)28(22)19-29(36)34(43)39-21-26-13-7-6-12-25(26)18-31(39)33(42)38-30(14-8-9-15-35)32(41)37-20-24-10-4-3-5-11-24;2*3-2(4,5)1(6)7/h3-7,10-13,16-17,29-31,40H,8-9,14-15,18-21,35-36H2,1-2H3,(H,37,41)(H,38,42);2*(H,6,7)/t29?,30-,31?;;/m0../s1. The first-order valence-corrected chi connectivity index (χ1v) is 17.4. The van der Waals surface area contributed by atoms with Gasteiger partial charge in [0.25, 0.3) is 0 Å². The lowest BCUT2D eigenvalue weighted by atomic mass is 9.91. The van der Waals surface area contributed by atoms with Gasteiger partial charge in [-0.3, -0.25) is 14.4 Å². The van der Waals surface area contributed by atoms with Gasteiger partial charge < -0.3 is 42.3 Å². The number of hydrogen-bond donors (Lipinski definition) is 7. The molecule has 9 N–H and O–H groups in total. The molecule has 0 aromatic heterocycles. The average molecular weight is 814 g/mol. The van der Waals surface area contributed by atoms with Gasteiger partial charge in [0.2, 0.25) is 17.7 Å². The van der Waals surface area contributed by atoms with Gasteiger partial charge in [0, 0.05) is 19.5 Å². The van der Waals surface area contributed by atoms with E-state index in [-0.39, 0.29) is 36.4 Å². The number of phenols is 1. The number of fused-ring (bicyclic) bond motifs is 1. The van der Waals surface area contributed by atoms with Crippen LogP contribution in [0.4, 0.5) is 26.3 Å². The summed E-state index contributed by atoms with van der Waals surface area (Å²) in [5.41, 5.74) is 17.7. The minimum atomic E-state index is -5.08. The molecule has 1 heterocycles. The third kappa shape index (κ3) is 15.4. The fourth-order valence-corrected chi connectivity index (χ4v) is 5.74. The molecule has 3 amide bonds. The van der Waals surface area contributed by atoms with Crippen molar-refractivity contribution in [3.05, 3.63) is 100 Å². The highest BCUT2D eigenvalue weighted by atomic mass is 19.4. The number of nitrogens with zero attached hydrogens (tertiary/aromatic N) is 1. The minimum Gasteiger partial charge on any atom is -0.508 e. The lowest BCUT2D eigenvalue weighted by Crippen LogP contribution is -2.59. The van der Waals surface area contributed by atoms with Gasteiger partial charge in [0.1, 0.15) is 17.8 Å². The van der Waals surface area contributed by atoms with E-state index in [1.54, 1.807) is 17.0 Å². The van der Waals surface area contributed by atoms with Crippen molar-refractivity contribution in [2.75, 3.05) is 6.54 Å². The Morgan fingerprint density at radius 2 is 1.35 bits per heavy atom. The van der Waals surface area contributed by atoms with E-state index in [9.17, 15) is 45.8 Å². The molecule has 13 nitrogen and oxygen atoms in total. The van der Waals surface area contributed by atoms with Crippen molar-refractivity contribution in [2.24, 2.45) is 11.5 Å². The summed E-state index contributed by atoms with van der Waals surface area (Å²) in [5.74, 6) is -6.36. The fourth-order valence-electron chi connectivity index (χ4n) is 5.74. The quantitative estimate of drug-likeness (QED) is 0.103. The summed E-state index contributed by atoms with van der Waals surface area (Å²) in [7, 11) is 0. The molecule has 312 valence electrons. The van der Waals surface area contributed by atoms with Crippen LogP contribution in [0, 0.1) is 13.8 Å². The maximum atomic E-state index is 13.9. The summed E-state index contributed by atoms with van der Waals surface area (Å²) >= 11 is 0. The number of carboxylic acids is 2. The number of hydrogen-bond acceptors (Lipinski definition) is 8. The van der Waals surface area contributed by atoms with Gasteiger partial charge >= 0.3 is 24.3 Å². The van der Waals surface area contributed by atoms with Crippen molar-refractivity contribution in [3.8, 4) is 5.75 Å². The lowest BCUT2D eigenvalue weighted by molar-refractivity contribution is -0.193. The minimum absolute atomic E-state index is 0.164. The van der Waals surface area contributed by atoms with Crippen LogP contribution in [0.1, 0.15) is 52.6 Å². The van der Waals surface area contributed by atoms with Crippen LogP contribution in [0.2, 0.25) is 0 Å². The largest absolute Gasteiger partial charge is 0.508 e. The predicted octanol–water partition coefficient (Wildman–Crippen LogP) is 4.03. The number of aromatic hydroxyl groups is 1. The molecule has 0 aliphatic carbocycles. The van der Waals surface area contributed by atoms with Gasteiger partial charge in [-0.25, -0.2) is 9.59 Å². The Morgan fingerprint density at radius 3 is 1.86 bits per heavy atom. The van der Waals surface area contributed by atoms with Crippen LogP contribution in [-0.2, 0) is 49.9 Å². The van der Waals surface area contributed by atoms with Crippen molar-refractivity contribution in [1.82, 2.24) is 15.5 Å². The number of amides is 3. The van der Waals surface area contributed by atoms with Crippen LogP contribution >= 0.6 is 0 Å². The first-order valence-electron chi connectivity index (χ1n) is 17.4. The highest BCUT2D eigenvalue weighted by Gasteiger charge is 2.40. The van der Waals surface area contributed by atoms with E-state index in [1.807, 2.05) is 68.4 Å². The van der Waals surface area contributed by atoms with Crippen LogP contribution in [0.5, 0.6) is 5.75 Å². The Labute approximate surface area is 324 Å². The molecule has 19 heteroatoms. The number of phenolic OH excluding ortho intramolecular Hbond substituents is 1. The average Bonchev–Trinajstić information content (AvgIpc) is 3.14. The number of aliphatic carboxylic acids is 2. The number of carboxylic acid groups (broad SMARTS) is 2. The van der Waals surface area contributed by atoms with E-state index in [0.717, 1.165) is 39.8 Å². The molecular formula is C38H45F6N5O8. The highest BCUT2D eigenvalue weighted by molar-refractivity contribution is 5.93. The SMILES string of the molecule is Cc1cc(O)cc(C)c1CC(N)C(=O)N1Cc2ccccc2CC1C(=O)N[C@@H](CCCCN)C(=O)NCc1ccccc1.O=C(O)C(F)(F)F.O=C(O)C(F)(F)F. The van der Waals surface area contributed by atoms with Crippen molar-refractivity contribution in [3.63, 3.8) is 0 Å². The van der Waals surface area contributed by atoms with Crippen molar-refractivity contribution >= 4 is 29.7 Å². The third-order valence-corrected chi connectivity index (χ3v) is 8.63. The summed E-state index contributed by atoms with van der Waals surface area (Å²) in [4.78, 5) is 60.4. The van der Waals surface area contributed by atoms with E-state index in [1.165, 1.54) is 0 Å². The molecule has 0 radical (unpaired) electrons. The Bertz CT molecular complexity index is 1800. The maximum absolute atomic E-state index is 13.9. The number of alkyl halides is 6. The molecule has 1 aliphatic heterocycles. The first kappa shape index (κ1) is 47.5.